The van der Waals surface area contributed by atoms with Gasteiger partial charge >= 0.3 is 5.97 Å². The van der Waals surface area contributed by atoms with Gasteiger partial charge in [-0.25, -0.2) is 13.2 Å². The molecular formula is C13H20N2O4S2. The Morgan fingerprint density at radius 2 is 2.29 bits per heavy atom. The molecule has 0 aromatic carbocycles. The van der Waals surface area contributed by atoms with E-state index in [1.165, 1.54) is 22.8 Å². The molecule has 0 amide bonds. The maximum absolute atomic E-state index is 12.6. The smallest absolute Gasteiger partial charge is 0.347 e. The van der Waals surface area contributed by atoms with Crippen LogP contribution in [0.4, 0.5) is 0 Å². The topological polar surface area (TPSA) is 77.9 Å². The minimum Gasteiger partial charge on any atom is -0.477 e. The molecule has 0 radical (unpaired) electrons. The van der Waals surface area contributed by atoms with Crippen molar-refractivity contribution in [2.45, 2.75) is 30.7 Å². The Kier molecular flexibility index (Phi) is 5.03. The second kappa shape index (κ2) is 6.43. The zero-order valence-electron chi connectivity index (χ0n) is 12.2. The van der Waals surface area contributed by atoms with Crippen LogP contribution in [0.2, 0.25) is 0 Å². The lowest BCUT2D eigenvalue weighted by Crippen LogP contribution is -2.41. The SMILES string of the molecule is CCN1CCCC1CN(C)S(=O)(=O)c1ccsc1C(=O)O. The van der Waals surface area contributed by atoms with Gasteiger partial charge in [-0.2, -0.15) is 4.31 Å². The Morgan fingerprint density at radius 3 is 2.90 bits per heavy atom. The highest BCUT2D eigenvalue weighted by Gasteiger charge is 2.32. The summed E-state index contributed by atoms with van der Waals surface area (Å²) in [5, 5.41) is 10.6. The molecule has 6 nitrogen and oxygen atoms in total. The van der Waals surface area contributed by atoms with Crippen LogP contribution in [-0.4, -0.2) is 61.4 Å². The van der Waals surface area contributed by atoms with Crippen molar-refractivity contribution in [2.24, 2.45) is 0 Å². The molecule has 1 aliphatic rings. The summed E-state index contributed by atoms with van der Waals surface area (Å²) >= 11 is 0.934. The van der Waals surface area contributed by atoms with Gasteiger partial charge in [0.05, 0.1) is 0 Å². The Labute approximate surface area is 129 Å². The number of carboxylic acid groups (broad SMARTS) is 1. The third-order valence-electron chi connectivity index (χ3n) is 3.88. The van der Waals surface area contributed by atoms with E-state index in [-0.39, 0.29) is 15.8 Å². The van der Waals surface area contributed by atoms with Gasteiger partial charge in [0, 0.05) is 19.6 Å². The van der Waals surface area contributed by atoms with E-state index >= 15 is 0 Å². The van der Waals surface area contributed by atoms with E-state index in [0.717, 1.165) is 37.3 Å². The number of sulfonamides is 1. The average Bonchev–Trinajstić information content (AvgIpc) is 3.06. The number of carbonyl (C=O) groups is 1. The summed E-state index contributed by atoms with van der Waals surface area (Å²) < 4.78 is 26.4. The maximum Gasteiger partial charge on any atom is 0.347 e. The highest BCUT2D eigenvalue weighted by Crippen LogP contribution is 2.26. The fraction of sp³-hybridized carbons (Fsp3) is 0.615. The molecule has 21 heavy (non-hydrogen) atoms. The minimum absolute atomic E-state index is 0.108. The van der Waals surface area contributed by atoms with E-state index < -0.39 is 16.0 Å². The molecule has 1 N–H and O–H groups in total. The fourth-order valence-corrected chi connectivity index (χ4v) is 5.17. The number of likely N-dealkylation sites (N-methyl/N-ethyl adjacent to an activating group) is 2. The third kappa shape index (κ3) is 3.28. The van der Waals surface area contributed by atoms with Crippen LogP contribution in [0.25, 0.3) is 0 Å². The van der Waals surface area contributed by atoms with Gasteiger partial charge in [-0.3, -0.25) is 4.90 Å². The molecule has 1 aromatic heterocycles. The Bertz CT molecular complexity index is 611. The van der Waals surface area contributed by atoms with Crippen LogP contribution in [0.1, 0.15) is 29.4 Å². The molecule has 2 heterocycles. The van der Waals surface area contributed by atoms with E-state index in [4.69, 9.17) is 5.11 Å². The second-order valence-electron chi connectivity index (χ2n) is 5.13. The molecule has 0 saturated carbocycles. The number of rotatable bonds is 6. The molecule has 0 bridgehead atoms. The summed E-state index contributed by atoms with van der Waals surface area (Å²) in [6.07, 6.45) is 2.05. The van der Waals surface area contributed by atoms with Crippen molar-refractivity contribution in [1.29, 1.82) is 0 Å². The molecule has 2 rings (SSSR count). The molecule has 1 unspecified atom stereocenters. The van der Waals surface area contributed by atoms with E-state index in [9.17, 15) is 13.2 Å². The molecule has 0 spiro atoms. The van der Waals surface area contributed by atoms with Crippen molar-refractivity contribution in [3.8, 4) is 0 Å². The predicted molar refractivity (Wildman–Crippen MR) is 81.4 cm³/mol. The van der Waals surface area contributed by atoms with Crippen LogP contribution in [0, 0.1) is 0 Å². The van der Waals surface area contributed by atoms with Gasteiger partial charge in [-0.15, -0.1) is 11.3 Å². The van der Waals surface area contributed by atoms with Gasteiger partial charge < -0.3 is 5.11 Å². The highest BCUT2D eigenvalue weighted by molar-refractivity contribution is 7.89. The first kappa shape index (κ1) is 16.4. The number of carboxylic acids is 1. The molecule has 8 heteroatoms. The first-order valence-electron chi connectivity index (χ1n) is 6.89. The summed E-state index contributed by atoms with van der Waals surface area (Å²) in [5.41, 5.74) is 0. The molecule has 1 aromatic rings. The quantitative estimate of drug-likeness (QED) is 0.855. The van der Waals surface area contributed by atoms with Crippen molar-refractivity contribution in [2.75, 3.05) is 26.7 Å². The van der Waals surface area contributed by atoms with E-state index in [2.05, 4.69) is 11.8 Å². The van der Waals surface area contributed by atoms with E-state index in [1.54, 1.807) is 0 Å². The Morgan fingerprint density at radius 1 is 1.57 bits per heavy atom. The predicted octanol–water partition coefficient (Wildman–Crippen LogP) is 1.55. The van der Waals surface area contributed by atoms with Gasteiger partial charge in [0.1, 0.15) is 9.77 Å². The van der Waals surface area contributed by atoms with Crippen molar-refractivity contribution >= 4 is 27.3 Å². The molecule has 1 atom stereocenters. The summed E-state index contributed by atoms with van der Waals surface area (Å²) in [5.74, 6) is -1.20. The maximum atomic E-state index is 12.6. The Hall–Kier alpha value is -0.960. The van der Waals surface area contributed by atoms with Crippen LogP contribution < -0.4 is 0 Å². The zero-order chi connectivity index (χ0) is 15.6. The van der Waals surface area contributed by atoms with Crippen LogP contribution in [0.3, 0.4) is 0 Å². The highest BCUT2D eigenvalue weighted by atomic mass is 32.2. The number of likely N-dealkylation sites (tertiary alicyclic amines) is 1. The van der Waals surface area contributed by atoms with Crippen LogP contribution in [0.5, 0.6) is 0 Å². The van der Waals surface area contributed by atoms with E-state index in [0.29, 0.717) is 6.54 Å². The lowest BCUT2D eigenvalue weighted by atomic mass is 10.2. The number of hydrogen-bond donors (Lipinski definition) is 1. The minimum atomic E-state index is -3.75. The monoisotopic (exact) mass is 332 g/mol. The van der Waals surface area contributed by atoms with Gasteiger partial charge in [-0.1, -0.05) is 6.92 Å². The van der Waals surface area contributed by atoms with Crippen molar-refractivity contribution < 1.29 is 18.3 Å². The lowest BCUT2D eigenvalue weighted by Gasteiger charge is -2.27. The standard InChI is InChI=1S/C13H20N2O4S2/c1-3-15-7-4-5-10(15)9-14(2)21(18,19)11-6-8-20-12(11)13(16)17/h6,8,10H,3-5,7,9H2,1-2H3,(H,16,17). The Balaban J connectivity index is 2.19. The van der Waals surface area contributed by atoms with Crippen molar-refractivity contribution in [1.82, 2.24) is 9.21 Å². The van der Waals surface area contributed by atoms with Crippen LogP contribution in [-0.2, 0) is 10.0 Å². The molecule has 1 fully saturated rings. The second-order valence-corrected chi connectivity index (χ2v) is 8.06. The van der Waals surface area contributed by atoms with E-state index in [1.807, 2.05) is 0 Å². The van der Waals surface area contributed by atoms with Gasteiger partial charge in [0.15, 0.2) is 0 Å². The number of nitrogens with zero attached hydrogens (tertiary/aromatic N) is 2. The van der Waals surface area contributed by atoms with Crippen molar-refractivity contribution in [3.63, 3.8) is 0 Å². The fourth-order valence-electron chi connectivity index (χ4n) is 2.74. The molecule has 1 aliphatic heterocycles. The lowest BCUT2D eigenvalue weighted by molar-refractivity contribution is 0.0698. The van der Waals surface area contributed by atoms with Gasteiger partial charge in [-0.05, 0) is 37.4 Å². The molecule has 118 valence electrons. The van der Waals surface area contributed by atoms with Crippen LogP contribution >= 0.6 is 11.3 Å². The number of thiophene rings is 1. The molecular weight excluding hydrogens is 312 g/mol. The van der Waals surface area contributed by atoms with Crippen LogP contribution in [0.15, 0.2) is 16.3 Å². The van der Waals surface area contributed by atoms with Gasteiger partial charge in [0.2, 0.25) is 10.0 Å². The average molecular weight is 332 g/mol. The van der Waals surface area contributed by atoms with Gasteiger partial charge in [0.25, 0.3) is 0 Å². The normalized spacial score (nSPS) is 20.2. The first-order valence-corrected chi connectivity index (χ1v) is 9.21. The largest absolute Gasteiger partial charge is 0.477 e. The molecule has 0 aliphatic carbocycles. The zero-order valence-corrected chi connectivity index (χ0v) is 13.8. The third-order valence-corrected chi connectivity index (χ3v) is 6.78. The summed E-state index contributed by atoms with van der Waals surface area (Å²) in [7, 11) is -2.24. The summed E-state index contributed by atoms with van der Waals surface area (Å²) in [4.78, 5) is 13.1. The first-order chi connectivity index (χ1) is 9.87. The molecule has 1 saturated heterocycles. The number of aromatic carboxylic acids is 1. The van der Waals surface area contributed by atoms with Crippen molar-refractivity contribution in [3.05, 3.63) is 16.3 Å². The summed E-state index contributed by atoms with van der Waals surface area (Å²) in [6.45, 7) is 4.35. The number of hydrogen-bond acceptors (Lipinski definition) is 5. The summed E-state index contributed by atoms with van der Waals surface area (Å²) in [6, 6.07) is 1.58.